The van der Waals surface area contributed by atoms with E-state index in [-0.39, 0.29) is 12.2 Å². The van der Waals surface area contributed by atoms with Gasteiger partial charge in [0, 0.05) is 36.2 Å². The molecule has 2 aromatic carbocycles. The van der Waals surface area contributed by atoms with E-state index in [2.05, 4.69) is 9.97 Å². The van der Waals surface area contributed by atoms with Gasteiger partial charge in [-0.2, -0.15) is 13.2 Å². The first kappa shape index (κ1) is 20.0. The number of Topliss-reactive ketones (excluding diaryl/α,β-unsaturated/α-hetero) is 1. The fourth-order valence-electron chi connectivity index (χ4n) is 3.13. The number of ketones is 1. The first-order chi connectivity index (χ1) is 14.3. The molecule has 152 valence electrons. The summed E-state index contributed by atoms with van der Waals surface area (Å²) in [6, 6.07) is 12.5. The number of halogens is 3. The molecule has 2 heterocycles. The second kappa shape index (κ2) is 7.87. The molecule has 0 aliphatic rings. The lowest BCUT2D eigenvalue weighted by Crippen LogP contribution is -2.04. The number of thiazole rings is 1. The van der Waals surface area contributed by atoms with E-state index in [9.17, 15) is 18.0 Å². The molecule has 4 aromatic rings. The van der Waals surface area contributed by atoms with Gasteiger partial charge < -0.3 is 4.57 Å². The smallest absolute Gasteiger partial charge is 0.333 e. The fourth-order valence-corrected chi connectivity index (χ4v) is 3.68. The van der Waals surface area contributed by atoms with Crippen molar-refractivity contribution in [3.63, 3.8) is 0 Å². The van der Waals surface area contributed by atoms with Crippen LogP contribution < -0.4 is 0 Å². The third kappa shape index (κ3) is 4.18. The molecule has 0 saturated carbocycles. The highest BCUT2D eigenvalue weighted by molar-refractivity contribution is 7.07. The third-order valence-electron chi connectivity index (χ3n) is 4.66. The minimum Gasteiger partial charge on any atom is -0.333 e. The highest BCUT2D eigenvalue weighted by Gasteiger charge is 2.30. The highest BCUT2D eigenvalue weighted by Crippen LogP contribution is 2.32. The van der Waals surface area contributed by atoms with Gasteiger partial charge in [0.2, 0.25) is 0 Å². The van der Waals surface area contributed by atoms with Crippen molar-refractivity contribution in [1.29, 1.82) is 0 Å². The Morgan fingerprint density at radius 2 is 1.87 bits per heavy atom. The Kier molecular flexibility index (Phi) is 5.26. The summed E-state index contributed by atoms with van der Waals surface area (Å²) in [6.07, 6.45) is -2.45. The molecular formula is C22H16F3N3OS. The Bertz CT molecular complexity index is 1180. The largest absolute Gasteiger partial charge is 0.416 e. The number of carbonyl (C=O) groups is 1. The number of nitrogens with zero attached hydrogens (tertiary/aromatic N) is 3. The number of aromatic nitrogens is 3. The molecule has 0 amide bonds. The maximum absolute atomic E-state index is 13.0. The van der Waals surface area contributed by atoms with Crippen LogP contribution in [0, 0.1) is 0 Å². The summed E-state index contributed by atoms with van der Waals surface area (Å²) >= 11 is 1.38. The molecule has 30 heavy (non-hydrogen) atoms. The molecule has 0 radical (unpaired) electrons. The summed E-state index contributed by atoms with van der Waals surface area (Å²) in [6.45, 7) is 0. The number of alkyl halides is 3. The molecular weight excluding hydrogens is 411 g/mol. The average Bonchev–Trinajstić information content (AvgIpc) is 3.38. The van der Waals surface area contributed by atoms with Crippen molar-refractivity contribution in [2.45, 2.75) is 12.6 Å². The molecule has 0 N–H and O–H groups in total. The predicted molar refractivity (Wildman–Crippen MR) is 109 cm³/mol. The van der Waals surface area contributed by atoms with Gasteiger partial charge in [-0.25, -0.2) is 9.97 Å². The molecule has 0 bridgehead atoms. The van der Waals surface area contributed by atoms with Crippen molar-refractivity contribution in [1.82, 2.24) is 14.5 Å². The number of carbonyl (C=O) groups excluding carboxylic acids is 1. The van der Waals surface area contributed by atoms with Crippen molar-refractivity contribution < 1.29 is 18.0 Å². The van der Waals surface area contributed by atoms with E-state index in [1.54, 1.807) is 34.8 Å². The molecule has 0 aliphatic heterocycles. The van der Waals surface area contributed by atoms with Crippen LogP contribution in [0.15, 0.2) is 65.6 Å². The molecule has 4 nitrogen and oxygen atoms in total. The van der Waals surface area contributed by atoms with E-state index in [1.807, 2.05) is 24.3 Å². The van der Waals surface area contributed by atoms with E-state index in [4.69, 9.17) is 0 Å². The lowest BCUT2D eigenvalue weighted by molar-refractivity contribution is -0.137. The van der Waals surface area contributed by atoms with Gasteiger partial charge in [-0.1, -0.05) is 36.4 Å². The standard InChI is InChI=1S/C22H16F3N3OS/c1-28-11-18(16-3-2-4-17(10-16)22(23,24)25)27-21(28)15-7-5-14(6-8-15)9-20(29)19-12-30-13-26-19/h2-8,10-13H,9H2,1H3. The summed E-state index contributed by atoms with van der Waals surface area (Å²) < 4.78 is 40.8. The summed E-state index contributed by atoms with van der Waals surface area (Å²) in [5.74, 6) is 0.576. The van der Waals surface area contributed by atoms with Crippen LogP contribution in [0.4, 0.5) is 13.2 Å². The molecule has 0 aliphatic carbocycles. The average molecular weight is 427 g/mol. The quantitative estimate of drug-likeness (QED) is 0.387. The second-order valence-electron chi connectivity index (χ2n) is 6.81. The van der Waals surface area contributed by atoms with Crippen LogP contribution in [-0.4, -0.2) is 20.3 Å². The minimum absolute atomic E-state index is 0.0483. The molecule has 0 fully saturated rings. The number of hydrogen-bond acceptors (Lipinski definition) is 4. The normalized spacial score (nSPS) is 11.6. The van der Waals surface area contributed by atoms with Crippen LogP contribution in [0.5, 0.6) is 0 Å². The van der Waals surface area contributed by atoms with E-state index >= 15 is 0 Å². The number of aryl methyl sites for hydroxylation is 1. The van der Waals surface area contributed by atoms with Crippen LogP contribution in [0.25, 0.3) is 22.6 Å². The zero-order valence-corrected chi connectivity index (χ0v) is 16.7. The summed E-state index contributed by atoms with van der Waals surface area (Å²) in [5, 5.41) is 1.72. The number of hydrogen-bond donors (Lipinski definition) is 0. The molecule has 2 aromatic heterocycles. The molecule has 0 saturated heterocycles. The van der Waals surface area contributed by atoms with Crippen molar-refractivity contribution in [2.75, 3.05) is 0 Å². The van der Waals surface area contributed by atoms with E-state index in [1.165, 1.54) is 17.4 Å². The van der Waals surface area contributed by atoms with Crippen molar-refractivity contribution in [3.05, 3.63) is 82.4 Å². The molecule has 8 heteroatoms. The van der Waals surface area contributed by atoms with Gasteiger partial charge in [0.1, 0.15) is 11.5 Å². The Morgan fingerprint density at radius 3 is 2.53 bits per heavy atom. The van der Waals surface area contributed by atoms with E-state index in [0.29, 0.717) is 22.8 Å². The lowest BCUT2D eigenvalue weighted by Gasteiger charge is -2.07. The van der Waals surface area contributed by atoms with Crippen molar-refractivity contribution in [3.8, 4) is 22.6 Å². The SMILES string of the molecule is Cn1cc(-c2cccc(C(F)(F)F)c2)nc1-c1ccc(CC(=O)c2cscn2)cc1. The van der Waals surface area contributed by atoms with E-state index in [0.717, 1.165) is 23.3 Å². The molecule has 0 spiro atoms. The molecule has 0 atom stereocenters. The van der Waals surface area contributed by atoms with Crippen LogP contribution in [0.2, 0.25) is 0 Å². The van der Waals surface area contributed by atoms with Gasteiger partial charge in [-0.15, -0.1) is 11.3 Å². The van der Waals surface area contributed by atoms with Gasteiger partial charge in [0.05, 0.1) is 16.8 Å². The zero-order chi connectivity index (χ0) is 21.3. The van der Waals surface area contributed by atoms with Gasteiger partial charge >= 0.3 is 6.18 Å². The third-order valence-corrected chi connectivity index (χ3v) is 5.24. The minimum atomic E-state index is -4.40. The van der Waals surface area contributed by atoms with Gasteiger partial charge in [-0.3, -0.25) is 4.79 Å². The monoisotopic (exact) mass is 427 g/mol. The van der Waals surface area contributed by atoms with Crippen molar-refractivity contribution >= 4 is 17.1 Å². The van der Waals surface area contributed by atoms with Crippen LogP contribution in [-0.2, 0) is 19.6 Å². The molecule has 0 unspecified atom stereocenters. The van der Waals surface area contributed by atoms with E-state index < -0.39 is 11.7 Å². The topological polar surface area (TPSA) is 47.8 Å². The summed E-state index contributed by atoms with van der Waals surface area (Å²) in [4.78, 5) is 20.7. The maximum atomic E-state index is 13.0. The number of benzene rings is 2. The second-order valence-corrected chi connectivity index (χ2v) is 7.53. The number of rotatable bonds is 5. The Balaban J connectivity index is 1.57. The number of imidazole rings is 1. The maximum Gasteiger partial charge on any atom is 0.416 e. The zero-order valence-electron chi connectivity index (χ0n) is 15.8. The van der Waals surface area contributed by atoms with Crippen LogP contribution in [0.1, 0.15) is 21.6 Å². The summed E-state index contributed by atoms with van der Waals surface area (Å²) in [5.41, 5.74) is 3.89. The van der Waals surface area contributed by atoms with Crippen LogP contribution in [0.3, 0.4) is 0 Å². The Hall–Kier alpha value is -3.26. The molecule has 4 rings (SSSR count). The predicted octanol–water partition coefficient (Wildman–Crippen LogP) is 5.65. The van der Waals surface area contributed by atoms with Crippen LogP contribution >= 0.6 is 11.3 Å². The first-order valence-corrected chi connectivity index (χ1v) is 9.97. The van der Waals surface area contributed by atoms with Gasteiger partial charge in [-0.05, 0) is 17.7 Å². The van der Waals surface area contributed by atoms with Crippen molar-refractivity contribution in [2.24, 2.45) is 7.05 Å². The van der Waals surface area contributed by atoms with Gasteiger partial charge in [0.15, 0.2) is 5.78 Å². The first-order valence-electron chi connectivity index (χ1n) is 9.03. The van der Waals surface area contributed by atoms with Gasteiger partial charge in [0.25, 0.3) is 0 Å². The summed E-state index contributed by atoms with van der Waals surface area (Å²) in [7, 11) is 1.79. The fraction of sp³-hybridized carbons (Fsp3) is 0.136. The Labute approximate surface area is 174 Å². The highest BCUT2D eigenvalue weighted by atomic mass is 32.1. The Morgan fingerprint density at radius 1 is 1.10 bits per heavy atom. The lowest BCUT2D eigenvalue weighted by atomic mass is 10.1.